The first kappa shape index (κ1) is 15.1. The summed E-state index contributed by atoms with van der Waals surface area (Å²) in [5.74, 6) is -0.395. The Morgan fingerprint density at radius 2 is 1.57 bits per heavy atom. The summed E-state index contributed by atoms with van der Waals surface area (Å²) in [5, 5.41) is 2.84. The van der Waals surface area contributed by atoms with Gasteiger partial charge in [0.2, 0.25) is 5.56 Å². The van der Waals surface area contributed by atoms with Crippen molar-refractivity contribution in [2.75, 3.05) is 5.32 Å². The van der Waals surface area contributed by atoms with Crippen LogP contribution in [0.5, 0.6) is 0 Å². The summed E-state index contributed by atoms with van der Waals surface area (Å²) in [6.45, 7) is 0. The molecule has 0 spiro atoms. The molecule has 0 aliphatic rings. The fourth-order valence-electron chi connectivity index (χ4n) is 2.27. The zero-order chi connectivity index (χ0) is 16.6. The van der Waals surface area contributed by atoms with Crippen molar-refractivity contribution in [3.05, 3.63) is 70.3 Å². The summed E-state index contributed by atoms with van der Waals surface area (Å²) in [7, 11) is 0. The van der Waals surface area contributed by atoms with Crippen molar-refractivity contribution in [1.82, 2.24) is 4.98 Å². The SMILES string of the molecule is O=c1cc(C(F)(F)F)c2ccc(Nc3ccc(F)cc3)cc2[nH]1. The van der Waals surface area contributed by atoms with Crippen molar-refractivity contribution >= 4 is 22.3 Å². The summed E-state index contributed by atoms with van der Waals surface area (Å²) in [5.41, 5.74) is -0.704. The fourth-order valence-corrected chi connectivity index (χ4v) is 2.27. The van der Waals surface area contributed by atoms with Gasteiger partial charge >= 0.3 is 6.18 Å². The van der Waals surface area contributed by atoms with Gasteiger partial charge in [0.25, 0.3) is 0 Å². The number of benzene rings is 2. The molecule has 1 heterocycles. The largest absolute Gasteiger partial charge is 0.417 e. The van der Waals surface area contributed by atoms with Crippen LogP contribution in [-0.2, 0) is 6.18 Å². The number of alkyl halides is 3. The van der Waals surface area contributed by atoms with Gasteiger partial charge in [-0.2, -0.15) is 13.2 Å². The van der Waals surface area contributed by atoms with Crippen molar-refractivity contribution in [2.24, 2.45) is 0 Å². The van der Waals surface area contributed by atoms with Gasteiger partial charge in [-0.05, 0) is 36.4 Å². The summed E-state index contributed by atoms with van der Waals surface area (Å²) < 4.78 is 51.8. The highest BCUT2D eigenvalue weighted by Gasteiger charge is 2.33. The fraction of sp³-hybridized carbons (Fsp3) is 0.0625. The second-order valence-corrected chi connectivity index (χ2v) is 4.94. The van der Waals surface area contributed by atoms with E-state index in [2.05, 4.69) is 10.3 Å². The van der Waals surface area contributed by atoms with Gasteiger partial charge in [-0.25, -0.2) is 4.39 Å². The summed E-state index contributed by atoms with van der Waals surface area (Å²) >= 11 is 0. The van der Waals surface area contributed by atoms with E-state index in [1.807, 2.05) is 0 Å². The molecular formula is C16H10F4N2O. The number of rotatable bonds is 2. The lowest BCUT2D eigenvalue weighted by Crippen LogP contribution is -2.13. The molecule has 0 aliphatic carbocycles. The van der Waals surface area contributed by atoms with Gasteiger partial charge in [0, 0.05) is 22.8 Å². The van der Waals surface area contributed by atoms with E-state index in [0.29, 0.717) is 17.4 Å². The maximum atomic E-state index is 13.0. The molecule has 3 aromatic rings. The lowest BCUT2D eigenvalue weighted by Gasteiger charge is -2.12. The van der Waals surface area contributed by atoms with Gasteiger partial charge in [0.15, 0.2) is 0 Å². The van der Waals surface area contributed by atoms with Crippen LogP contribution in [0, 0.1) is 5.82 Å². The molecule has 118 valence electrons. The third kappa shape index (κ3) is 3.18. The molecule has 0 unspecified atom stereocenters. The second-order valence-electron chi connectivity index (χ2n) is 4.94. The van der Waals surface area contributed by atoms with Gasteiger partial charge in [0.1, 0.15) is 5.82 Å². The molecule has 0 fully saturated rings. The van der Waals surface area contributed by atoms with E-state index >= 15 is 0 Å². The summed E-state index contributed by atoms with van der Waals surface area (Å²) in [6, 6.07) is 10.2. The van der Waals surface area contributed by atoms with E-state index in [1.165, 1.54) is 42.5 Å². The molecule has 0 saturated heterocycles. The highest BCUT2D eigenvalue weighted by atomic mass is 19.4. The first-order valence-electron chi connectivity index (χ1n) is 6.60. The number of hydrogen-bond acceptors (Lipinski definition) is 2. The lowest BCUT2D eigenvalue weighted by molar-refractivity contribution is -0.136. The summed E-state index contributed by atoms with van der Waals surface area (Å²) in [6.07, 6.45) is -4.61. The van der Waals surface area contributed by atoms with Crippen LogP contribution in [0.1, 0.15) is 5.56 Å². The predicted octanol–water partition coefficient (Wildman–Crippen LogP) is 4.43. The second kappa shape index (κ2) is 5.42. The number of aromatic amines is 1. The van der Waals surface area contributed by atoms with Crippen LogP contribution < -0.4 is 10.9 Å². The number of pyridine rings is 1. The van der Waals surface area contributed by atoms with E-state index in [-0.39, 0.29) is 10.9 Å². The smallest absolute Gasteiger partial charge is 0.355 e. The van der Waals surface area contributed by atoms with Crippen LogP contribution in [-0.4, -0.2) is 4.98 Å². The quantitative estimate of drug-likeness (QED) is 0.686. The van der Waals surface area contributed by atoms with Crippen molar-refractivity contribution in [3.63, 3.8) is 0 Å². The van der Waals surface area contributed by atoms with Crippen molar-refractivity contribution < 1.29 is 17.6 Å². The Balaban J connectivity index is 2.05. The van der Waals surface area contributed by atoms with Gasteiger partial charge in [0.05, 0.1) is 11.1 Å². The van der Waals surface area contributed by atoms with Crippen molar-refractivity contribution in [1.29, 1.82) is 0 Å². The molecule has 3 rings (SSSR count). The Morgan fingerprint density at radius 1 is 0.913 bits per heavy atom. The molecule has 0 saturated carbocycles. The number of halogens is 4. The van der Waals surface area contributed by atoms with E-state index < -0.39 is 23.1 Å². The van der Waals surface area contributed by atoms with Crippen LogP contribution in [0.4, 0.5) is 28.9 Å². The minimum Gasteiger partial charge on any atom is -0.355 e. The van der Waals surface area contributed by atoms with Gasteiger partial charge in [-0.3, -0.25) is 4.79 Å². The van der Waals surface area contributed by atoms with Crippen molar-refractivity contribution in [2.45, 2.75) is 6.18 Å². The van der Waals surface area contributed by atoms with Crippen LogP contribution in [0.2, 0.25) is 0 Å². The average Bonchev–Trinajstić information content (AvgIpc) is 2.47. The molecule has 2 N–H and O–H groups in total. The van der Waals surface area contributed by atoms with Crippen LogP contribution in [0.3, 0.4) is 0 Å². The molecule has 0 amide bonds. The Labute approximate surface area is 127 Å². The van der Waals surface area contributed by atoms with E-state index in [0.717, 1.165) is 0 Å². The molecule has 7 heteroatoms. The monoisotopic (exact) mass is 322 g/mol. The first-order valence-corrected chi connectivity index (χ1v) is 6.60. The number of aromatic nitrogens is 1. The summed E-state index contributed by atoms with van der Waals surface area (Å²) in [4.78, 5) is 13.8. The Morgan fingerprint density at radius 3 is 2.22 bits per heavy atom. The third-order valence-electron chi connectivity index (χ3n) is 3.28. The molecule has 0 aliphatic heterocycles. The maximum Gasteiger partial charge on any atom is 0.417 e. The van der Waals surface area contributed by atoms with Crippen molar-refractivity contribution in [3.8, 4) is 0 Å². The van der Waals surface area contributed by atoms with Crippen LogP contribution in [0.15, 0.2) is 53.3 Å². The third-order valence-corrected chi connectivity index (χ3v) is 3.28. The first-order chi connectivity index (χ1) is 10.8. The van der Waals surface area contributed by atoms with Crippen LogP contribution >= 0.6 is 0 Å². The van der Waals surface area contributed by atoms with E-state index in [9.17, 15) is 22.4 Å². The molecule has 23 heavy (non-hydrogen) atoms. The molecule has 2 aromatic carbocycles. The number of hydrogen-bond donors (Lipinski definition) is 2. The van der Waals surface area contributed by atoms with Crippen LogP contribution in [0.25, 0.3) is 10.9 Å². The van der Waals surface area contributed by atoms with Gasteiger partial charge < -0.3 is 10.3 Å². The minimum absolute atomic E-state index is 0.0666. The average molecular weight is 322 g/mol. The Hall–Kier alpha value is -2.83. The lowest BCUT2D eigenvalue weighted by atomic mass is 10.1. The van der Waals surface area contributed by atoms with E-state index in [1.54, 1.807) is 0 Å². The predicted molar refractivity (Wildman–Crippen MR) is 79.3 cm³/mol. The number of H-pyrrole nitrogens is 1. The Kier molecular flexibility index (Phi) is 3.55. The molecule has 1 aromatic heterocycles. The number of fused-ring (bicyclic) bond motifs is 1. The molecule has 0 radical (unpaired) electrons. The highest BCUT2D eigenvalue weighted by Crippen LogP contribution is 2.34. The number of anilines is 2. The topological polar surface area (TPSA) is 44.9 Å². The van der Waals surface area contributed by atoms with E-state index in [4.69, 9.17) is 0 Å². The molecule has 0 atom stereocenters. The Bertz CT molecular complexity index is 914. The highest BCUT2D eigenvalue weighted by molar-refractivity contribution is 5.86. The molecular weight excluding hydrogens is 312 g/mol. The molecule has 3 nitrogen and oxygen atoms in total. The zero-order valence-corrected chi connectivity index (χ0v) is 11.5. The van der Waals surface area contributed by atoms with Gasteiger partial charge in [-0.1, -0.05) is 6.07 Å². The maximum absolute atomic E-state index is 13.0. The minimum atomic E-state index is -4.61. The molecule has 0 bridgehead atoms. The standard InChI is InChI=1S/C16H10F4N2O/c17-9-1-3-10(4-2-9)21-11-5-6-12-13(16(18,19)20)8-15(23)22-14(12)7-11/h1-8,21H,(H,22,23). The normalized spacial score (nSPS) is 11.7. The zero-order valence-electron chi connectivity index (χ0n) is 11.5. The van der Waals surface area contributed by atoms with Gasteiger partial charge in [-0.15, -0.1) is 0 Å². The number of nitrogens with one attached hydrogen (secondary N) is 2.